The first-order valence-corrected chi connectivity index (χ1v) is 5.72. The van der Waals surface area contributed by atoms with E-state index in [1.807, 2.05) is 39.5 Å². The molecule has 0 unspecified atom stereocenters. The standard InChI is InChI=1S/C8H14N2.2C2H6/c1-7(2)10-6-4-3-5-8(10)9;2*1-2/h9H,1,3-6H2,2H3;2*1-2H3. The maximum absolute atomic E-state index is 7.54. The van der Waals surface area contributed by atoms with Crippen molar-refractivity contribution in [2.24, 2.45) is 0 Å². The number of nitrogens with zero attached hydrogens (tertiary/aromatic N) is 1. The molecule has 0 amide bonds. The van der Waals surface area contributed by atoms with Crippen LogP contribution in [0.15, 0.2) is 12.3 Å². The molecule has 0 aromatic heterocycles. The summed E-state index contributed by atoms with van der Waals surface area (Å²) in [5, 5.41) is 7.54. The minimum absolute atomic E-state index is 0.735. The lowest BCUT2D eigenvalue weighted by Gasteiger charge is -2.29. The Hall–Kier alpha value is -0.790. The number of amidine groups is 1. The van der Waals surface area contributed by atoms with E-state index in [2.05, 4.69) is 6.58 Å². The predicted molar refractivity (Wildman–Crippen MR) is 65.8 cm³/mol. The summed E-state index contributed by atoms with van der Waals surface area (Å²) in [6.45, 7) is 14.8. The number of rotatable bonds is 1. The van der Waals surface area contributed by atoms with Crippen LogP contribution >= 0.6 is 0 Å². The molecule has 1 saturated heterocycles. The topological polar surface area (TPSA) is 27.1 Å². The van der Waals surface area contributed by atoms with Crippen LogP contribution in [0.2, 0.25) is 0 Å². The zero-order chi connectivity index (χ0) is 11.6. The summed E-state index contributed by atoms with van der Waals surface area (Å²) in [5.74, 6) is 0.735. The van der Waals surface area contributed by atoms with Crippen molar-refractivity contribution >= 4 is 5.84 Å². The molecule has 2 nitrogen and oxygen atoms in total. The number of nitrogens with one attached hydrogen (secondary N) is 1. The molecule has 1 heterocycles. The maximum atomic E-state index is 7.54. The van der Waals surface area contributed by atoms with E-state index >= 15 is 0 Å². The van der Waals surface area contributed by atoms with Gasteiger partial charge in [-0.25, -0.2) is 0 Å². The number of piperidine rings is 1. The van der Waals surface area contributed by atoms with Crippen LogP contribution in [-0.2, 0) is 0 Å². The van der Waals surface area contributed by atoms with Gasteiger partial charge in [-0.05, 0) is 19.8 Å². The van der Waals surface area contributed by atoms with Crippen LogP contribution in [-0.4, -0.2) is 17.3 Å². The Morgan fingerprint density at radius 1 is 1.21 bits per heavy atom. The highest BCUT2D eigenvalue weighted by Crippen LogP contribution is 2.14. The molecule has 84 valence electrons. The van der Waals surface area contributed by atoms with Gasteiger partial charge in [0.25, 0.3) is 0 Å². The summed E-state index contributed by atoms with van der Waals surface area (Å²) in [5.41, 5.74) is 1.00. The van der Waals surface area contributed by atoms with Gasteiger partial charge >= 0.3 is 0 Å². The molecule has 0 saturated carbocycles. The fourth-order valence-corrected chi connectivity index (χ4v) is 1.25. The zero-order valence-corrected chi connectivity index (χ0v) is 10.5. The smallest absolute Gasteiger partial charge is 0.0999 e. The van der Waals surface area contributed by atoms with Crippen LogP contribution in [0, 0.1) is 5.41 Å². The van der Waals surface area contributed by atoms with Gasteiger partial charge in [0.15, 0.2) is 0 Å². The second-order valence-electron chi connectivity index (χ2n) is 2.79. The Kier molecular flexibility index (Phi) is 11.5. The Balaban J connectivity index is 0. The van der Waals surface area contributed by atoms with E-state index in [1.165, 1.54) is 12.8 Å². The predicted octanol–water partition coefficient (Wildman–Crippen LogP) is 4.04. The Morgan fingerprint density at radius 3 is 2.00 bits per heavy atom. The highest BCUT2D eigenvalue weighted by atomic mass is 15.2. The molecule has 0 aromatic rings. The normalized spacial score (nSPS) is 14.6. The van der Waals surface area contributed by atoms with Crippen LogP contribution in [0.5, 0.6) is 0 Å². The number of likely N-dealkylation sites (tertiary alicyclic amines) is 1. The molecule has 0 radical (unpaired) electrons. The second kappa shape index (κ2) is 10.3. The lowest BCUT2D eigenvalue weighted by Crippen LogP contribution is -2.32. The van der Waals surface area contributed by atoms with E-state index in [0.29, 0.717) is 0 Å². The highest BCUT2D eigenvalue weighted by molar-refractivity contribution is 5.81. The van der Waals surface area contributed by atoms with Gasteiger partial charge in [-0.2, -0.15) is 0 Å². The van der Waals surface area contributed by atoms with Gasteiger partial charge < -0.3 is 4.90 Å². The Morgan fingerprint density at radius 2 is 1.71 bits per heavy atom. The van der Waals surface area contributed by atoms with Gasteiger partial charge in [0.2, 0.25) is 0 Å². The Labute approximate surface area is 89.5 Å². The van der Waals surface area contributed by atoms with Crippen molar-refractivity contribution in [2.75, 3.05) is 6.54 Å². The third kappa shape index (κ3) is 5.79. The van der Waals surface area contributed by atoms with Gasteiger partial charge in [0, 0.05) is 18.7 Å². The average molecular weight is 198 g/mol. The quantitative estimate of drug-likeness (QED) is 0.676. The van der Waals surface area contributed by atoms with Crippen molar-refractivity contribution in [1.82, 2.24) is 4.90 Å². The molecule has 0 aliphatic carbocycles. The lowest BCUT2D eigenvalue weighted by atomic mass is 10.1. The van der Waals surface area contributed by atoms with Gasteiger partial charge in [0.05, 0.1) is 5.84 Å². The molecular weight excluding hydrogens is 172 g/mol. The zero-order valence-electron chi connectivity index (χ0n) is 10.5. The van der Waals surface area contributed by atoms with Crippen molar-refractivity contribution < 1.29 is 0 Å². The molecule has 14 heavy (non-hydrogen) atoms. The molecule has 1 N–H and O–H groups in total. The lowest BCUT2D eigenvalue weighted by molar-refractivity contribution is 0.439. The van der Waals surface area contributed by atoms with Crippen LogP contribution in [0.25, 0.3) is 0 Å². The Bertz CT molecular complexity index is 162. The van der Waals surface area contributed by atoms with E-state index in [4.69, 9.17) is 5.41 Å². The number of hydrogen-bond acceptors (Lipinski definition) is 1. The van der Waals surface area contributed by atoms with E-state index in [-0.39, 0.29) is 0 Å². The highest BCUT2D eigenvalue weighted by Gasteiger charge is 2.14. The van der Waals surface area contributed by atoms with Crippen molar-refractivity contribution in [3.63, 3.8) is 0 Å². The second-order valence-corrected chi connectivity index (χ2v) is 2.79. The summed E-state index contributed by atoms with van der Waals surface area (Å²) in [7, 11) is 0. The molecule has 1 rings (SSSR count). The van der Waals surface area contributed by atoms with Gasteiger partial charge in [0.1, 0.15) is 0 Å². The van der Waals surface area contributed by atoms with Crippen molar-refractivity contribution in [3.8, 4) is 0 Å². The van der Waals surface area contributed by atoms with Crippen LogP contribution in [0.4, 0.5) is 0 Å². The van der Waals surface area contributed by atoms with Crippen molar-refractivity contribution in [3.05, 3.63) is 12.3 Å². The van der Waals surface area contributed by atoms with E-state index in [1.54, 1.807) is 0 Å². The summed E-state index contributed by atoms with van der Waals surface area (Å²) >= 11 is 0. The molecule has 1 aliphatic heterocycles. The minimum atomic E-state index is 0.735. The molecule has 2 heteroatoms. The molecule has 1 aliphatic rings. The van der Waals surface area contributed by atoms with Crippen LogP contribution in [0.1, 0.15) is 53.9 Å². The summed E-state index contributed by atoms with van der Waals surface area (Å²) in [4.78, 5) is 1.99. The fourth-order valence-electron chi connectivity index (χ4n) is 1.25. The summed E-state index contributed by atoms with van der Waals surface area (Å²) in [6.07, 6.45) is 3.30. The van der Waals surface area contributed by atoms with Crippen molar-refractivity contribution in [1.29, 1.82) is 5.41 Å². The van der Waals surface area contributed by atoms with Crippen LogP contribution < -0.4 is 0 Å². The average Bonchev–Trinajstić information content (AvgIpc) is 2.24. The van der Waals surface area contributed by atoms with E-state index < -0.39 is 0 Å². The summed E-state index contributed by atoms with van der Waals surface area (Å²) in [6, 6.07) is 0. The van der Waals surface area contributed by atoms with E-state index in [0.717, 1.165) is 24.5 Å². The maximum Gasteiger partial charge on any atom is 0.0999 e. The largest absolute Gasteiger partial charge is 0.335 e. The third-order valence-corrected chi connectivity index (χ3v) is 1.83. The molecule has 0 aromatic carbocycles. The SMILES string of the molecule is C=C(C)N1CCCCC1=N.CC.CC. The first kappa shape index (κ1) is 15.7. The molecule has 0 bridgehead atoms. The van der Waals surface area contributed by atoms with Gasteiger partial charge in [-0.15, -0.1) is 0 Å². The first-order chi connectivity index (χ1) is 6.72. The molecule has 0 atom stereocenters. The molecular formula is C12H26N2. The number of hydrogen-bond donors (Lipinski definition) is 1. The first-order valence-electron chi connectivity index (χ1n) is 5.72. The van der Waals surface area contributed by atoms with Gasteiger partial charge in [-0.1, -0.05) is 34.3 Å². The van der Waals surface area contributed by atoms with Gasteiger partial charge in [-0.3, -0.25) is 5.41 Å². The monoisotopic (exact) mass is 198 g/mol. The third-order valence-electron chi connectivity index (χ3n) is 1.83. The fraction of sp³-hybridized carbons (Fsp3) is 0.750. The summed E-state index contributed by atoms with van der Waals surface area (Å²) < 4.78 is 0. The molecule has 1 fully saturated rings. The van der Waals surface area contributed by atoms with Crippen molar-refractivity contribution in [2.45, 2.75) is 53.9 Å². The number of allylic oxidation sites excluding steroid dienone is 1. The minimum Gasteiger partial charge on any atom is -0.335 e. The van der Waals surface area contributed by atoms with E-state index in [9.17, 15) is 0 Å². The van der Waals surface area contributed by atoms with Crippen LogP contribution in [0.3, 0.4) is 0 Å². The molecule has 0 spiro atoms.